The van der Waals surface area contributed by atoms with Crippen LogP contribution in [-0.4, -0.2) is 37.6 Å². The SMILES string of the molecule is CCC(CC)C(C)NCC1CCN(C)CC1. The number of nitrogens with one attached hydrogen (secondary N) is 1. The van der Waals surface area contributed by atoms with Crippen LogP contribution in [0, 0.1) is 11.8 Å². The normalized spacial score (nSPS) is 21.6. The Bertz CT molecular complexity index is 170. The molecule has 0 aliphatic carbocycles. The molecule has 0 radical (unpaired) electrons. The van der Waals surface area contributed by atoms with Gasteiger partial charge in [0.05, 0.1) is 0 Å². The molecule has 2 nitrogen and oxygen atoms in total. The first-order valence-corrected chi connectivity index (χ1v) is 7.09. The van der Waals surface area contributed by atoms with Gasteiger partial charge in [0.25, 0.3) is 0 Å². The quantitative estimate of drug-likeness (QED) is 0.749. The molecule has 1 aliphatic heterocycles. The molecule has 0 aromatic rings. The lowest BCUT2D eigenvalue weighted by atomic mass is 9.93. The van der Waals surface area contributed by atoms with E-state index in [-0.39, 0.29) is 0 Å². The predicted molar refractivity (Wildman–Crippen MR) is 71.8 cm³/mol. The van der Waals surface area contributed by atoms with Crippen molar-refractivity contribution >= 4 is 0 Å². The van der Waals surface area contributed by atoms with Gasteiger partial charge in [0.2, 0.25) is 0 Å². The smallest absolute Gasteiger partial charge is 0.00669 e. The van der Waals surface area contributed by atoms with Crippen LogP contribution in [0.5, 0.6) is 0 Å². The molecule has 0 amide bonds. The maximum absolute atomic E-state index is 3.75. The molecule has 0 bridgehead atoms. The third-order valence-corrected chi connectivity index (χ3v) is 4.32. The van der Waals surface area contributed by atoms with Crippen molar-refractivity contribution < 1.29 is 0 Å². The molecule has 1 saturated heterocycles. The van der Waals surface area contributed by atoms with E-state index in [0.29, 0.717) is 6.04 Å². The number of hydrogen-bond donors (Lipinski definition) is 1. The van der Waals surface area contributed by atoms with Crippen LogP contribution < -0.4 is 5.32 Å². The Balaban J connectivity index is 2.18. The van der Waals surface area contributed by atoms with E-state index in [4.69, 9.17) is 0 Å². The molecular weight excluding hydrogens is 196 g/mol. The number of piperidine rings is 1. The number of likely N-dealkylation sites (tertiary alicyclic amines) is 1. The number of nitrogens with zero attached hydrogens (tertiary/aromatic N) is 1. The summed E-state index contributed by atoms with van der Waals surface area (Å²) >= 11 is 0. The maximum atomic E-state index is 3.75. The Morgan fingerprint density at radius 2 is 1.75 bits per heavy atom. The van der Waals surface area contributed by atoms with E-state index in [0.717, 1.165) is 11.8 Å². The third-order valence-electron chi connectivity index (χ3n) is 4.32. The Labute approximate surface area is 102 Å². The zero-order valence-electron chi connectivity index (χ0n) is 11.6. The van der Waals surface area contributed by atoms with Crippen molar-refractivity contribution in [1.29, 1.82) is 0 Å². The highest BCUT2D eigenvalue weighted by Gasteiger charge is 2.18. The van der Waals surface area contributed by atoms with Crippen LogP contribution in [0.4, 0.5) is 0 Å². The van der Waals surface area contributed by atoms with Gasteiger partial charge in [0.1, 0.15) is 0 Å². The first kappa shape index (κ1) is 14.0. The molecule has 1 atom stereocenters. The van der Waals surface area contributed by atoms with Gasteiger partial charge in [-0.1, -0.05) is 26.7 Å². The van der Waals surface area contributed by atoms with Gasteiger partial charge < -0.3 is 10.2 Å². The molecule has 1 heterocycles. The second-order valence-electron chi connectivity index (χ2n) is 5.52. The molecular formula is C14H30N2. The Hall–Kier alpha value is -0.0800. The lowest BCUT2D eigenvalue weighted by molar-refractivity contribution is 0.207. The summed E-state index contributed by atoms with van der Waals surface area (Å²) < 4.78 is 0. The van der Waals surface area contributed by atoms with Gasteiger partial charge in [-0.3, -0.25) is 0 Å². The highest BCUT2D eigenvalue weighted by Crippen LogP contribution is 2.17. The average Bonchev–Trinajstić information content (AvgIpc) is 2.30. The Morgan fingerprint density at radius 1 is 1.19 bits per heavy atom. The summed E-state index contributed by atoms with van der Waals surface area (Å²) in [6.45, 7) is 10.8. The van der Waals surface area contributed by atoms with Crippen molar-refractivity contribution in [2.24, 2.45) is 11.8 Å². The molecule has 0 aromatic heterocycles. The topological polar surface area (TPSA) is 15.3 Å². The van der Waals surface area contributed by atoms with Gasteiger partial charge in [-0.25, -0.2) is 0 Å². The molecule has 0 aromatic carbocycles. The molecule has 1 N–H and O–H groups in total. The van der Waals surface area contributed by atoms with Crippen molar-refractivity contribution in [2.75, 3.05) is 26.7 Å². The zero-order chi connectivity index (χ0) is 12.0. The summed E-state index contributed by atoms with van der Waals surface area (Å²) in [7, 11) is 2.23. The van der Waals surface area contributed by atoms with E-state index in [1.54, 1.807) is 0 Å². The van der Waals surface area contributed by atoms with Gasteiger partial charge in [-0.05, 0) is 58.3 Å². The van der Waals surface area contributed by atoms with E-state index in [2.05, 4.69) is 38.0 Å². The Kier molecular flexibility index (Phi) is 6.37. The maximum Gasteiger partial charge on any atom is 0.00669 e. The summed E-state index contributed by atoms with van der Waals surface area (Å²) in [6, 6.07) is 0.689. The van der Waals surface area contributed by atoms with Gasteiger partial charge in [-0.15, -0.1) is 0 Å². The first-order chi connectivity index (χ1) is 7.67. The van der Waals surface area contributed by atoms with Crippen molar-refractivity contribution in [2.45, 2.75) is 52.5 Å². The fraction of sp³-hybridized carbons (Fsp3) is 1.00. The minimum absolute atomic E-state index is 0.689. The van der Waals surface area contributed by atoms with E-state index in [1.165, 1.54) is 45.3 Å². The van der Waals surface area contributed by atoms with E-state index >= 15 is 0 Å². The lowest BCUT2D eigenvalue weighted by Crippen LogP contribution is -2.40. The third kappa shape index (κ3) is 4.42. The second kappa shape index (κ2) is 7.29. The van der Waals surface area contributed by atoms with Crippen molar-refractivity contribution in [3.8, 4) is 0 Å². The molecule has 0 spiro atoms. The van der Waals surface area contributed by atoms with Crippen LogP contribution in [0.15, 0.2) is 0 Å². The van der Waals surface area contributed by atoms with Crippen molar-refractivity contribution in [3.05, 3.63) is 0 Å². The predicted octanol–water partition coefficient (Wildman–Crippen LogP) is 2.74. The molecule has 1 fully saturated rings. The van der Waals surface area contributed by atoms with Crippen LogP contribution >= 0.6 is 0 Å². The van der Waals surface area contributed by atoms with Gasteiger partial charge in [0, 0.05) is 6.04 Å². The van der Waals surface area contributed by atoms with Gasteiger partial charge >= 0.3 is 0 Å². The van der Waals surface area contributed by atoms with Gasteiger partial charge in [-0.2, -0.15) is 0 Å². The summed E-state index contributed by atoms with van der Waals surface area (Å²) in [4.78, 5) is 2.45. The molecule has 1 unspecified atom stereocenters. The van der Waals surface area contributed by atoms with Crippen LogP contribution in [0.2, 0.25) is 0 Å². The Morgan fingerprint density at radius 3 is 2.25 bits per heavy atom. The number of hydrogen-bond acceptors (Lipinski definition) is 2. The summed E-state index contributed by atoms with van der Waals surface area (Å²) in [5.74, 6) is 1.76. The summed E-state index contributed by atoms with van der Waals surface area (Å²) in [5.41, 5.74) is 0. The molecule has 1 aliphatic rings. The summed E-state index contributed by atoms with van der Waals surface area (Å²) in [6.07, 6.45) is 5.36. The highest BCUT2D eigenvalue weighted by atomic mass is 15.1. The van der Waals surface area contributed by atoms with Crippen LogP contribution in [0.1, 0.15) is 46.5 Å². The minimum atomic E-state index is 0.689. The van der Waals surface area contributed by atoms with Crippen molar-refractivity contribution in [3.63, 3.8) is 0 Å². The lowest BCUT2D eigenvalue weighted by Gasteiger charge is -2.31. The minimum Gasteiger partial charge on any atom is -0.314 e. The monoisotopic (exact) mass is 226 g/mol. The average molecular weight is 226 g/mol. The second-order valence-corrected chi connectivity index (χ2v) is 5.52. The standard InChI is InChI=1S/C14H30N2/c1-5-14(6-2)12(3)15-11-13-7-9-16(4)10-8-13/h12-15H,5-11H2,1-4H3. The summed E-state index contributed by atoms with van der Waals surface area (Å²) in [5, 5.41) is 3.75. The molecule has 2 heteroatoms. The van der Waals surface area contributed by atoms with Crippen LogP contribution in [0.3, 0.4) is 0 Å². The van der Waals surface area contributed by atoms with E-state index in [1.807, 2.05) is 0 Å². The van der Waals surface area contributed by atoms with Crippen LogP contribution in [0.25, 0.3) is 0 Å². The number of rotatable bonds is 6. The van der Waals surface area contributed by atoms with E-state index < -0.39 is 0 Å². The van der Waals surface area contributed by atoms with Crippen molar-refractivity contribution in [1.82, 2.24) is 10.2 Å². The van der Waals surface area contributed by atoms with Gasteiger partial charge in [0.15, 0.2) is 0 Å². The molecule has 0 saturated carbocycles. The molecule has 96 valence electrons. The highest BCUT2D eigenvalue weighted by molar-refractivity contribution is 4.75. The van der Waals surface area contributed by atoms with E-state index in [9.17, 15) is 0 Å². The molecule has 16 heavy (non-hydrogen) atoms. The molecule has 1 rings (SSSR count). The van der Waals surface area contributed by atoms with Crippen LogP contribution in [-0.2, 0) is 0 Å². The zero-order valence-corrected chi connectivity index (χ0v) is 11.6. The largest absolute Gasteiger partial charge is 0.314 e. The fourth-order valence-corrected chi connectivity index (χ4v) is 2.78. The fourth-order valence-electron chi connectivity index (χ4n) is 2.78. The first-order valence-electron chi connectivity index (χ1n) is 7.09.